The van der Waals surface area contributed by atoms with Gasteiger partial charge >= 0.3 is 0 Å². The third-order valence-electron chi connectivity index (χ3n) is 4.67. The van der Waals surface area contributed by atoms with Gasteiger partial charge < -0.3 is 5.09 Å². The van der Waals surface area contributed by atoms with Crippen molar-refractivity contribution < 1.29 is 0 Å². The average Bonchev–Trinajstić information content (AvgIpc) is 2.58. The maximum absolute atomic E-state index is 8.79. The largest absolute Gasteiger partial charge is 0.349 e. The fraction of sp³-hybridized carbons (Fsp3) is 0.435. The van der Waals surface area contributed by atoms with E-state index >= 15 is 0 Å². The van der Waals surface area contributed by atoms with Crippen molar-refractivity contribution in [2.45, 2.75) is 65.7 Å². The first-order valence-corrected chi connectivity index (χ1v) is 11.0. The van der Waals surface area contributed by atoms with Gasteiger partial charge in [0.15, 0.2) is 0 Å². The van der Waals surface area contributed by atoms with E-state index in [0.717, 1.165) is 11.1 Å². The first-order chi connectivity index (χ1) is 12.2. The SMILES string of the molecule is Cc1ccc(C(=N)NP(C(C)C)C(C)C)c(-c2ccccc2C(C)C)c1. The molecule has 0 bridgehead atoms. The monoisotopic (exact) mass is 368 g/mol. The normalized spacial score (nSPS) is 11.7. The summed E-state index contributed by atoms with van der Waals surface area (Å²) in [7, 11) is -0.425. The van der Waals surface area contributed by atoms with Crippen LogP contribution in [0.3, 0.4) is 0 Å². The molecule has 0 saturated carbocycles. The van der Waals surface area contributed by atoms with E-state index in [-0.39, 0.29) is 0 Å². The number of rotatable bonds is 6. The maximum atomic E-state index is 8.79. The Morgan fingerprint density at radius 2 is 1.50 bits per heavy atom. The molecule has 0 unspecified atom stereocenters. The lowest BCUT2D eigenvalue weighted by Crippen LogP contribution is -2.25. The molecule has 0 radical (unpaired) electrons. The highest BCUT2D eigenvalue weighted by Gasteiger charge is 2.21. The lowest BCUT2D eigenvalue weighted by atomic mass is 9.89. The first kappa shape index (κ1) is 20.6. The van der Waals surface area contributed by atoms with Gasteiger partial charge in [-0.05, 0) is 48.9 Å². The molecule has 0 spiro atoms. The van der Waals surface area contributed by atoms with Gasteiger partial charge in [0.05, 0.1) is 0 Å². The molecule has 2 aromatic rings. The lowest BCUT2D eigenvalue weighted by molar-refractivity contribution is 0.869. The van der Waals surface area contributed by atoms with E-state index in [0.29, 0.717) is 23.1 Å². The van der Waals surface area contributed by atoms with Crippen LogP contribution in [-0.4, -0.2) is 17.2 Å². The molecular formula is C23H33N2P. The van der Waals surface area contributed by atoms with Crippen LogP contribution in [0.15, 0.2) is 42.5 Å². The number of nitrogens with one attached hydrogen (secondary N) is 2. The Kier molecular flexibility index (Phi) is 7.01. The summed E-state index contributed by atoms with van der Waals surface area (Å²) < 4.78 is 0. The third-order valence-corrected chi connectivity index (χ3v) is 7.38. The molecule has 2 aromatic carbocycles. The van der Waals surface area contributed by atoms with Gasteiger partial charge in [-0.25, -0.2) is 0 Å². The fourth-order valence-electron chi connectivity index (χ4n) is 3.39. The molecule has 0 heterocycles. The van der Waals surface area contributed by atoms with Crippen LogP contribution in [0.4, 0.5) is 0 Å². The zero-order chi connectivity index (χ0) is 19.4. The van der Waals surface area contributed by atoms with Crippen LogP contribution >= 0.6 is 8.07 Å². The predicted molar refractivity (Wildman–Crippen MR) is 118 cm³/mol. The van der Waals surface area contributed by atoms with Crippen molar-refractivity contribution in [2.24, 2.45) is 0 Å². The van der Waals surface area contributed by atoms with E-state index in [1.807, 2.05) is 0 Å². The standard InChI is InChI=1S/C23H33N2P/c1-15(2)19-10-8-9-11-20(19)22-14-18(7)12-13-21(22)23(24)25-26(16(3)4)17(5)6/h8-17H,1-7H3,(H2,24,25). The minimum atomic E-state index is -0.425. The predicted octanol–water partition coefficient (Wildman–Crippen LogP) is 6.91. The average molecular weight is 369 g/mol. The summed E-state index contributed by atoms with van der Waals surface area (Å²) in [5, 5.41) is 12.3. The molecule has 0 aliphatic carbocycles. The van der Waals surface area contributed by atoms with E-state index in [4.69, 9.17) is 5.41 Å². The summed E-state index contributed by atoms with van der Waals surface area (Å²) in [6.07, 6.45) is 0. The molecule has 140 valence electrons. The van der Waals surface area contributed by atoms with Crippen molar-refractivity contribution in [3.8, 4) is 11.1 Å². The number of hydrogen-bond acceptors (Lipinski definition) is 1. The second kappa shape index (κ2) is 8.82. The maximum Gasteiger partial charge on any atom is 0.129 e. The Bertz CT molecular complexity index is 755. The third kappa shape index (κ3) is 4.74. The molecule has 0 aliphatic rings. The molecule has 2 nitrogen and oxygen atoms in total. The quantitative estimate of drug-likeness (QED) is 0.324. The van der Waals surface area contributed by atoms with E-state index in [9.17, 15) is 0 Å². The Morgan fingerprint density at radius 1 is 0.885 bits per heavy atom. The number of aryl methyl sites for hydroxylation is 1. The van der Waals surface area contributed by atoms with Crippen molar-refractivity contribution in [3.63, 3.8) is 0 Å². The van der Waals surface area contributed by atoms with Crippen LogP contribution in [0.1, 0.15) is 64.2 Å². The van der Waals surface area contributed by atoms with E-state index in [1.165, 1.54) is 16.7 Å². The molecular weight excluding hydrogens is 335 g/mol. The number of benzene rings is 2. The van der Waals surface area contributed by atoms with Gasteiger partial charge in [0.1, 0.15) is 5.84 Å². The van der Waals surface area contributed by atoms with Crippen LogP contribution < -0.4 is 5.09 Å². The van der Waals surface area contributed by atoms with Crippen molar-refractivity contribution in [2.75, 3.05) is 0 Å². The smallest absolute Gasteiger partial charge is 0.129 e. The highest BCUT2D eigenvalue weighted by atomic mass is 31.1. The number of hydrogen-bond donors (Lipinski definition) is 2. The van der Waals surface area contributed by atoms with Crippen LogP contribution in [0.2, 0.25) is 0 Å². The van der Waals surface area contributed by atoms with Gasteiger partial charge in [0.2, 0.25) is 0 Å². The molecule has 3 heteroatoms. The minimum Gasteiger partial charge on any atom is -0.349 e. The molecule has 2 rings (SSSR count). The Morgan fingerprint density at radius 3 is 2.08 bits per heavy atom. The van der Waals surface area contributed by atoms with Gasteiger partial charge in [0.25, 0.3) is 0 Å². The molecule has 0 aliphatic heterocycles. The topological polar surface area (TPSA) is 35.9 Å². The zero-order valence-corrected chi connectivity index (χ0v) is 18.1. The molecule has 2 N–H and O–H groups in total. The minimum absolute atomic E-state index is 0.425. The first-order valence-electron chi connectivity index (χ1n) is 9.56. The van der Waals surface area contributed by atoms with Gasteiger partial charge in [-0.2, -0.15) is 0 Å². The van der Waals surface area contributed by atoms with Gasteiger partial charge in [-0.3, -0.25) is 5.41 Å². The highest BCUT2D eigenvalue weighted by molar-refractivity contribution is 7.57. The molecule has 26 heavy (non-hydrogen) atoms. The Labute approximate surface area is 160 Å². The zero-order valence-electron chi connectivity index (χ0n) is 17.2. The Hall–Kier alpha value is -1.66. The summed E-state index contributed by atoms with van der Waals surface area (Å²) in [5.41, 5.74) is 7.05. The van der Waals surface area contributed by atoms with Crippen LogP contribution in [0.25, 0.3) is 11.1 Å². The summed E-state index contributed by atoms with van der Waals surface area (Å²) in [6.45, 7) is 15.6. The lowest BCUT2D eigenvalue weighted by Gasteiger charge is -2.28. The summed E-state index contributed by atoms with van der Waals surface area (Å²) in [5.74, 6) is 0.997. The second-order valence-electron chi connectivity index (χ2n) is 7.87. The molecule has 0 saturated heterocycles. The summed E-state index contributed by atoms with van der Waals surface area (Å²) >= 11 is 0. The molecule has 0 aromatic heterocycles. The van der Waals surface area contributed by atoms with Gasteiger partial charge in [0, 0.05) is 5.56 Å². The van der Waals surface area contributed by atoms with E-state index in [2.05, 4.69) is 96.0 Å². The van der Waals surface area contributed by atoms with Crippen molar-refractivity contribution in [3.05, 3.63) is 59.2 Å². The van der Waals surface area contributed by atoms with Crippen LogP contribution in [-0.2, 0) is 0 Å². The molecule has 0 atom stereocenters. The van der Waals surface area contributed by atoms with Gasteiger partial charge in [-0.15, -0.1) is 0 Å². The number of amidine groups is 1. The molecule has 0 amide bonds. The van der Waals surface area contributed by atoms with Crippen molar-refractivity contribution >= 4 is 13.9 Å². The molecule has 0 fully saturated rings. The van der Waals surface area contributed by atoms with Crippen LogP contribution in [0, 0.1) is 12.3 Å². The highest BCUT2D eigenvalue weighted by Crippen LogP contribution is 2.42. The van der Waals surface area contributed by atoms with Gasteiger partial charge in [-0.1, -0.05) is 89.6 Å². The van der Waals surface area contributed by atoms with E-state index < -0.39 is 8.07 Å². The second-order valence-corrected chi connectivity index (χ2v) is 11.0. The fourth-order valence-corrected chi connectivity index (χ4v) is 5.48. The van der Waals surface area contributed by atoms with Crippen molar-refractivity contribution in [1.29, 1.82) is 5.41 Å². The van der Waals surface area contributed by atoms with Crippen molar-refractivity contribution in [1.82, 2.24) is 5.09 Å². The Balaban J connectivity index is 2.51. The summed E-state index contributed by atoms with van der Waals surface area (Å²) in [4.78, 5) is 0. The van der Waals surface area contributed by atoms with Crippen LogP contribution in [0.5, 0.6) is 0 Å². The van der Waals surface area contributed by atoms with E-state index in [1.54, 1.807) is 0 Å². The summed E-state index contributed by atoms with van der Waals surface area (Å²) in [6, 6.07) is 15.0.